The number of anilines is 1. The summed E-state index contributed by atoms with van der Waals surface area (Å²) in [7, 11) is 3.36. The Hall–Kier alpha value is -3.08. The molecule has 0 saturated heterocycles. The van der Waals surface area contributed by atoms with Crippen LogP contribution in [0.2, 0.25) is 0 Å². The van der Waals surface area contributed by atoms with Gasteiger partial charge in [-0.05, 0) is 61.9 Å². The summed E-state index contributed by atoms with van der Waals surface area (Å²) in [4.78, 5) is 27.6. The highest BCUT2D eigenvalue weighted by molar-refractivity contribution is 6.06. The highest BCUT2D eigenvalue weighted by atomic mass is 16.5. The Balaban J connectivity index is 1.95. The molecule has 0 aliphatic heterocycles. The van der Waals surface area contributed by atoms with Crippen LogP contribution in [-0.4, -0.2) is 50.4 Å². The Kier molecular flexibility index (Phi) is 7.81. The average Bonchev–Trinajstić information content (AvgIpc) is 2.72. The smallest absolute Gasteiger partial charge is 0.259 e. The maximum Gasteiger partial charge on any atom is 0.259 e. The van der Waals surface area contributed by atoms with Gasteiger partial charge in [-0.2, -0.15) is 0 Å². The molecule has 0 atom stereocenters. The molecule has 28 heavy (non-hydrogen) atoms. The van der Waals surface area contributed by atoms with E-state index >= 15 is 0 Å². The third-order valence-electron chi connectivity index (χ3n) is 4.45. The van der Waals surface area contributed by atoms with Crippen LogP contribution in [0.25, 0.3) is 6.08 Å². The minimum atomic E-state index is -0.116. The molecule has 5 heteroatoms. The van der Waals surface area contributed by atoms with Crippen molar-refractivity contribution in [2.75, 3.05) is 38.7 Å². The summed E-state index contributed by atoms with van der Waals surface area (Å²) in [6.07, 6.45) is 3.38. The van der Waals surface area contributed by atoms with Gasteiger partial charge in [-0.3, -0.25) is 9.59 Å². The van der Waals surface area contributed by atoms with Gasteiger partial charge in [0.1, 0.15) is 5.75 Å². The van der Waals surface area contributed by atoms with E-state index in [1.165, 1.54) is 10.6 Å². The van der Waals surface area contributed by atoms with Crippen molar-refractivity contribution in [3.8, 4) is 5.75 Å². The zero-order valence-electron chi connectivity index (χ0n) is 17.0. The molecule has 0 aliphatic carbocycles. The summed E-state index contributed by atoms with van der Waals surface area (Å²) in [6, 6.07) is 15.0. The Morgan fingerprint density at radius 3 is 2.07 bits per heavy atom. The molecular formula is C23H28N2O3. The minimum absolute atomic E-state index is 0.0241. The number of carbonyl (C=O) groups is 2. The quantitative estimate of drug-likeness (QED) is 0.489. The molecule has 0 aliphatic rings. The van der Waals surface area contributed by atoms with Gasteiger partial charge in [0.05, 0.1) is 0 Å². The van der Waals surface area contributed by atoms with Crippen LogP contribution in [-0.2, 0) is 4.79 Å². The number of nitrogens with zero attached hydrogens (tertiary/aromatic N) is 2. The third kappa shape index (κ3) is 5.98. The second kappa shape index (κ2) is 10.3. The lowest BCUT2D eigenvalue weighted by atomic mass is 10.1. The van der Waals surface area contributed by atoms with Crippen molar-refractivity contribution in [2.45, 2.75) is 13.8 Å². The molecule has 2 aromatic carbocycles. The van der Waals surface area contributed by atoms with Gasteiger partial charge in [0.15, 0.2) is 12.4 Å². The van der Waals surface area contributed by atoms with Gasteiger partial charge in [-0.1, -0.05) is 18.2 Å². The Bertz CT molecular complexity index is 805. The predicted molar refractivity (Wildman–Crippen MR) is 114 cm³/mol. The molecule has 0 heterocycles. The standard InChI is InChI=1S/C23H28N2O3/c1-5-25(6-2)20-12-7-18(8-13-20)9-16-22(26)19-10-14-21(15-11-19)28-17-23(27)24(3)4/h7-16H,5-6,17H2,1-4H3/b16-9+. The zero-order valence-corrected chi connectivity index (χ0v) is 17.0. The van der Waals surface area contributed by atoms with Gasteiger partial charge >= 0.3 is 0 Å². The van der Waals surface area contributed by atoms with Crippen molar-refractivity contribution in [1.29, 1.82) is 0 Å². The molecule has 0 radical (unpaired) electrons. The van der Waals surface area contributed by atoms with Gasteiger partial charge in [-0.25, -0.2) is 0 Å². The van der Waals surface area contributed by atoms with Crippen molar-refractivity contribution in [1.82, 2.24) is 4.90 Å². The molecule has 2 rings (SSSR count). The van der Waals surface area contributed by atoms with Crippen LogP contribution in [0.3, 0.4) is 0 Å². The second-order valence-corrected chi connectivity index (χ2v) is 6.56. The fraction of sp³-hybridized carbons (Fsp3) is 0.304. The normalized spacial score (nSPS) is 10.7. The SMILES string of the molecule is CCN(CC)c1ccc(/C=C/C(=O)c2ccc(OCC(=O)N(C)C)cc2)cc1. The molecule has 0 spiro atoms. The van der Waals surface area contributed by atoms with E-state index in [2.05, 4.69) is 30.9 Å². The van der Waals surface area contributed by atoms with Gasteiger partial charge in [0.25, 0.3) is 5.91 Å². The molecule has 0 aromatic heterocycles. The molecule has 5 nitrogen and oxygen atoms in total. The molecule has 0 fully saturated rings. The van der Waals surface area contributed by atoms with Gasteiger partial charge in [-0.15, -0.1) is 0 Å². The first-order valence-electron chi connectivity index (χ1n) is 9.45. The van der Waals surface area contributed by atoms with Crippen LogP contribution in [0.15, 0.2) is 54.6 Å². The summed E-state index contributed by atoms with van der Waals surface area (Å²) in [6.45, 7) is 6.17. The van der Waals surface area contributed by atoms with E-state index in [9.17, 15) is 9.59 Å². The van der Waals surface area contributed by atoms with E-state index < -0.39 is 0 Å². The first kappa shape index (κ1) is 21.2. The first-order chi connectivity index (χ1) is 13.4. The monoisotopic (exact) mass is 380 g/mol. The lowest BCUT2D eigenvalue weighted by molar-refractivity contribution is -0.130. The van der Waals surface area contributed by atoms with Crippen molar-refractivity contribution in [3.63, 3.8) is 0 Å². The lowest BCUT2D eigenvalue weighted by Gasteiger charge is -2.20. The van der Waals surface area contributed by atoms with E-state index in [1.807, 2.05) is 18.2 Å². The molecule has 0 N–H and O–H groups in total. The molecule has 2 aromatic rings. The molecule has 148 valence electrons. The number of hydrogen-bond acceptors (Lipinski definition) is 4. The number of benzene rings is 2. The van der Waals surface area contributed by atoms with Gasteiger partial charge in [0.2, 0.25) is 0 Å². The van der Waals surface area contributed by atoms with Crippen LogP contribution >= 0.6 is 0 Å². The largest absolute Gasteiger partial charge is 0.484 e. The van der Waals surface area contributed by atoms with E-state index in [0.717, 1.165) is 18.7 Å². The Labute approximate surface area is 167 Å². The fourth-order valence-electron chi connectivity index (χ4n) is 2.64. The van der Waals surface area contributed by atoms with Crippen LogP contribution in [0.1, 0.15) is 29.8 Å². The Morgan fingerprint density at radius 2 is 1.54 bits per heavy atom. The van der Waals surface area contributed by atoms with E-state index in [0.29, 0.717) is 11.3 Å². The van der Waals surface area contributed by atoms with Crippen molar-refractivity contribution in [3.05, 3.63) is 65.7 Å². The fourth-order valence-corrected chi connectivity index (χ4v) is 2.64. The van der Waals surface area contributed by atoms with Gasteiger partial charge in [0, 0.05) is 38.4 Å². The number of carbonyl (C=O) groups excluding carboxylic acids is 2. The van der Waals surface area contributed by atoms with Crippen LogP contribution in [0, 0.1) is 0 Å². The van der Waals surface area contributed by atoms with E-state index in [-0.39, 0.29) is 18.3 Å². The maximum atomic E-state index is 12.4. The second-order valence-electron chi connectivity index (χ2n) is 6.56. The van der Waals surface area contributed by atoms with Crippen LogP contribution in [0.5, 0.6) is 5.75 Å². The maximum absolute atomic E-state index is 12.4. The lowest BCUT2D eigenvalue weighted by Crippen LogP contribution is -2.27. The zero-order chi connectivity index (χ0) is 20.5. The highest BCUT2D eigenvalue weighted by Crippen LogP contribution is 2.17. The number of ketones is 1. The van der Waals surface area contributed by atoms with Crippen molar-refractivity contribution < 1.29 is 14.3 Å². The number of amides is 1. The number of hydrogen-bond donors (Lipinski definition) is 0. The van der Waals surface area contributed by atoms with Crippen molar-refractivity contribution in [2.24, 2.45) is 0 Å². The predicted octanol–water partition coefficient (Wildman–Crippen LogP) is 3.90. The molecule has 0 saturated carbocycles. The molecule has 1 amide bonds. The molecule has 0 bridgehead atoms. The summed E-state index contributed by atoms with van der Waals surface area (Å²) in [5.74, 6) is 0.363. The number of allylic oxidation sites excluding steroid dienone is 1. The number of ether oxygens (including phenoxy) is 1. The highest BCUT2D eigenvalue weighted by Gasteiger charge is 2.06. The van der Waals surface area contributed by atoms with E-state index in [4.69, 9.17) is 4.74 Å². The van der Waals surface area contributed by atoms with Crippen molar-refractivity contribution >= 4 is 23.5 Å². The average molecular weight is 380 g/mol. The third-order valence-corrected chi connectivity index (χ3v) is 4.45. The summed E-state index contributed by atoms with van der Waals surface area (Å²) >= 11 is 0. The minimum Gasteiger partial charge on any atom is -0.484 e. The first-order valence-corrected chi connectivity index (χ1v) is 9.45. The molecular weight excluding hydrogens is 352 g/mol. The summed E-state index contributed by atoms with van der Waals surface area (Å²) < 4.78 is 5.42. The number of rotatable bonds is 9. The number of likely N-dealkylation sites (N-methyl/N-ethyl adjacent to an activating group) is 1. The van der Waals surface area contributed by atoms with Crippen LogP contribution < -0.4 is 9.64 Å². The topological polar surface area (TPSA) is 49.9 Å². The van der Waals surface area contributed by atoms with Gasteiger partial charge < -0.3 is 14.5 Å². The van der Waals surface area contributed by atoms with Crippen LogP contribution in [0.4, 0.5) is 5.69 Å². The Morgan fingerprint density at radius 1 is 0.929 bits per heavy atom. The summed E-state index contributed by atoms with van der Waals surface area (Å²) in [5, 5.41) is 0. The summed E-state index contributed by atoms with van der Waals surface area (Å²) in [5.41, 5.74) is 2.73. The van der Waals surface area contributed by atoms with E-state index in [1.54, 1.807) is 44.4 Å². The molecule has 0 unspecified atom stereocenters.